The first kappa shape index (κ1) is 15.4. The molecule has 25 heavy (non-hydrogen) atoms. The quantitative estimate of drug-likeness (QED) is 0.660. The maximum Gasteiger partial charge on any atom is 0.320 e. The van der Waals surface area contributed by atoms with Crippen molar-refractivity contribution < 1.29 is 14.3 Å². The number of nitrogens with zero attached hydrogens (tertiary/aromatic N) is 2. The van der Waals surface area contributed by atoms with Gasteiger partial charge >= 0.3 is 6.03 Å². The third-order valence-corrected chi connectivity index (χ3v) is 3.84. The Balaban J connectivity index is 1.38. The Morgan fingerprint density at radius 1 is 1.32 bits per heavy atom. The van der Waals surface area contributed by atoms with Crippen LogP contribution in [0.25, 0.3) is 10.9 Å². The highest BCUT2D eigenvalue weighted by Crippen LogP contribution is 2.25. The molecule has 0 saturated carbocycles. The van der Waals surface area contributed by atoms with E-state index in [-0.39, 0.29) is 12.1 Å². The first-order valence-corrected chi connectivity index (χ1v) is 7.95. The molecule has 1 aromatic carbocycles. The summed E-state index contributed by atoms with van der Waals surface area (Å²) in [6.45, 7) is 1.59. The van der Waals surface area contributed by atoms with Crippen LogP contribution >= 0.6 is 0 Å². The van der Waals surface area contributed by atoms with E-state index in [1.165, 1.54) is 0 Å². The summed E-state index contributed by atoms with van der Waals surface area (Å²) in [6.07, 6.45) is 1.66. The lowest BCUT2D eigenvalue weighted by Gasteiger charge is -2.25. The molecule has 2 amide bonds. The fourth-order valence-corrected chi connectivity index (χ4v) is 2.43. The van der Waals surface area contributed by atoms with E-state index < -0.39 is 0 Å². The van der Waals surface area contributed by atoms with E-state index in [1.54, 1.807) is 12.3 Å². The second kappa shape index (κ2) is 6.78. The highest BCUT2D eigenvalue weighted by Gasteiger charge is 2.22. The zero-order valence-corrected chi connectivity index (χ0v) is 13.4. The fraction of sp³-hybridized carbons (Fsp3) is 0.235. The maximum atomic E-state index is 12.0. The van der Waals surface area contributed by atoms with Gasteiger partial charge in [-0.15, -0.1) is 5.10 Å². The highest BCUT2D eigenvalue weighted by molar-refractivity contribution is 5.91. The van der Waals surface area contributed by atoms with E-state index in [0.29, 0.717) is 31.5 Å². The Kier molecular flexibility index (Phi) is 4.17. The minimum absolute atomic E-state index is 0.0352. The number of carbonyl (C=O) groups excluding carboxylic acids is 1. The standard InChI is InChI=1S/C17H17N5O3/c23-17(19-7-11-4-2-1-3-5-11)20-15-6-14-13(8-18-15)16(22-21-14)25-12-9-24-10-12/h1-6,8,12H,7,9-10H2,(H,21,22)(H2,18,19,20,23). The normalized spacial score (nSPS) is 14.1. The number of aromatic amines is 1. The van der Waals surface area contributed by atoms with Crippen molar-refractivity contribution in [2.45, 2.75) is 12.6 Å². The smallest absolute Gasteiger partial charge is 0.320 e. The van der Waals surface area contributed by atoms with E-state index in [9.17, 15) is 4.79 Å². The molecule has 8 heteroatoms. The van der Waals surface area contributed by atoms with Crippen LogP contribution < -0.4 is 15.4 Å². The average Bonchev–Trinajstić information content (AvgIpc) is 2.99. The third-order valence-electron chi connectivity index (χ3n) is 3.84. The Bertz CT molecular complexity index is 876. The lowest BCUT2D eigenvalue weighted by Crippen LogP contribution is -2.38. The molecular formula is C17H17N5O3. The number of H-pyrrole nitrogens is 1. The number of fused-ring (bicyclic) bond motifs is 1. The number of pyridine rings is 1. The predicted molar refractivity (Wildman–Crippen MR) is 91.4 cm³/mol. The lowest BCUT2D eigenvalue weighted by molar-refractivity contribution is -0.0807. The third kappa shape index (κ3) is 3.53. The molecule has 1 fully saturated rings. The molecule has 0 aliphatic carbocycles. The number of amides is 2. The summed E-state index contributed by atoms with van der Waals surface area (Å²) in [5.41, 5.74) is 1.76. The van der Waals surface area contributed by atoms with Gasteiger partial charge in [0.05, 0.1) is 24.1 Å². The first-order chi connectivity index (χ1) is 12.3. The second-order valence-electron chi connectivity index (χ2n) is 5.71. The maximum absolute atomic E-state index is 12.0. The van der Waals surface area contributed by atoms with E-state index in [0.717, 1.165) is 16.5 Å². The molecule has 128 valence electrons. The summed E-state index contributed by atoms with van der Waals surface area (Å²) in [5.74, 6) is 0.927. The lowest BCUT2D eigenvalue weighted by atomic mass is 10.2. The number of ether oxygens (including phenoxy) is 2. The molecular weight excluding hydrogens is 322 g/mol. The van der Waals surface area contributed by atoms with Crippen molar-refractivity contribution in [3.63, 3.8) is 0 Å². The van der Waals surface area contributed by atoms with Crippen molar-refractivity contribution in [1.29, 1.82) is 0 Å². The summed E-state index contributed by atoms with van der Waals surface area (Å²) in [5, 5.41) is 13.3. The number of aromatic nitrogens is 3. The van der Waals surface area contributed by atoms with Crippen molar-refractivity contribution in [3.05, 3.63) is 48.2 Å². The van der Waals surface area contributed by atoms with Gasteiger partial charge in [0.2, 0.25) is 5.88 Å². The van der Waals surface area contributed by atoms with Gasteiger partial charge < -0.3 is 14.8 Å². The summed E-state index contributed by atoms with van der Waals surface area (Å²) in [7, 11) is 0. The highest BCUT2D eigenvalue weighted by atomic mass is 16.6. The zero-order valence-electron chi connectivity index (χ0n) is 13.4. The Hall–Kier alpha value is -3.13. The predicted octanol–water partition coefficient (Wildman–Crippen LogP) is 2.06. The Labute approximate surface area is 143 Å². The van der Waals surface area contributed by atoms with Crippen molar-refractivity contribution in [2.24, 2.45) is 0 Å². The van der Waals surface area contributed by atoms with Crippen LogP contribution in [-0.4, -0.2) is 40.5 Å². The molecule has 8 nitrogen and oxygen atoms in total. The van der Waals surface area contributed by atoms with Crippen molar-refractivity contribution >= 4 is 22.8 Å². The average molecular weight is 339 g/mol. The summed E-state index contributed by atoms with van der Waals surface area (Å²) < 4.78 is 10.8. The number of rotatable bonds is 5. The molecule has 0 spiro atoms. The van der Waals surface area contributed by atoms with E-state index in [2.05, 4.69) is 25.8 Å². The van der Waals surface area contributed by atoms with Crippen LogP contribution in [-0.2, 0) is 11.3 Å². The molecule has 0 unspecified atom stereocenters. The first-order valence-electron chi connectivity index (χ1n) is 7.95. The van der Waals surface area contributed by atoms with Gasteiger partial charge in [-0.05, 0) is 5.56 Å². The zero-order chi connectivity index (χ0) is 17.1. The monoisotopic (exact) mass is 339 g/mol. The van der Waals surface area contributed by atoms with Crippen LogP contribution in [0.5, 0.6) is 5.88 Å². The fourth-order valence-electron chi connectivity index (χ4n) is 2.43. The molecule has 3 N–H and O–H groups in total. The molecule has 0 bridgehead atoms. The number of carbonyl (C=O) groups is 1. The second-order valence-corrected chi connectivity index (χ2v) is 5.71. The van der Waals surface area contributed by atoms with E-state index >= 15 is 0 Å². The Morgan fingerprint density at radius 2 is 2.16 bits per heavy atom. The van der Waals surface area contributed by atoms with Gasteiger partial charge in [-0.25, -0.2) is 9.78 Å². The van der Waals surface area contributed by atoms with Gasteiger partial charge in [0.25, 0.3) is 0 Å². The molecule has 1 saturated heterocycles. The van der Waals surface area contributed by atoms with Crippen LogP contribution in [0.3, 0.4) is 0 Å². The topological polar surface area (TPSA) is 101 Å². The van der Waals surface area contributed by atoms with Gasteiger partial charge in [-0.2, -0.15) is 0 Å². The summed E-state index contributed by atoms with van der Waals surface area (Å²) in [6, 6.07) is 11.1. The minimum Gasteiger partial charge on any atom is -0.468 e. The molecule has 1 aliphatic rings. The van der Waals surface area contributed by atoms with E-state index in [4.69, 9.17) is 9.47 Å². The van der Waals surface area contributed by atoms with Gasteiger partial charge in [0.15, 0.2) is 0 Å². The molecule has 3 aromatic rings. The SMILES string of the molecule is O=C(NCc1ccccc1)Nc1cc2[nH]nc(OC3COC3)c2cn1. The van der Waals surface area contributed by atoms with Crippen LogP contribution in [0.15, 0.2) is 42.6 Å². The number of urea groups is 1. The molecule has 0 atom stereocenters. The van der Waals surface area contributed by atoms with Gasteiger partial charge in [-0.3, -0.25) is 10.4 Å². The minimum atomic E-state index is -0.321. The van der Waals surface area contributed by atoms with Crippen LogP contribution in [0, 0.1) is 0 Å². The van der Waals surface area contributed by atoms with Crippen LogP contribution in [0.2, 0.25) is 0 Å². The van der Waals surface area contributed by atoms with Crippen LogP contribution in [0.4, 0.5) is 10.6 Å². The summed E-state index contributed by atoms with van der Waals surface area (Å²) in [4.78, 5) is 16.2. The van der Waals surface area contributed by atoms with E-state index in [1.807, 2.05) is 30.3 Å². The summed E-state index contributed by atoms with van der Waals surface area (Å²) >= 11 is 0. The van der Waals surface area contributed by atoms with Gasteiger partial charge in [-0.1, -0.05) is 30.3 Å². The van der Waals surface area contributed by atoms with Gasteiger partial charge in [0, 0.05) is 18.8 Å². The van der Waals surface area contributed by atoms with Gasteiger partial charge in [0.1, 0.15) is 11.9 Å². The van der Waals surface area contributed by atoms with Crippen molar-refractivity contribution in [3.8, 4) is 5.88 Å². The number of benzene rings is 1. The molecule has 4 rings (SSSR count). The number of hydrogen-bond acceptors (Lipinski definition) is 5. The largest absolute Gasteiger partial charge is 0.468 e. The number of nitrogens with one attached hydrogen (secondary N) is 3. The Morgan fingerprint density at radius 3 is 2.92 bits per heavy atom. The molecule has 3 heterocycles. The van der Waals surface area contributed by atoms with Crippen molar-refractivity contribution in [2.75, 3.05) is 18.5 Å². The van der Waals surface area contributed by atoms with Crippen LogP contribution in [0.1, 0.15) is 5.56 Å². The molecule has 2 aromatic heterocycles. The number of hydrogen-bond donors (Lipinski definition) is 3. The molecule has 1 aliphatic heterocycles. The van der Waals surface area contributed by atoms with Crippen molar-refractivity contribution in [1.82, 2.24) is 20.5 Å². The molecule has 0 radical (unpaired) electrons. The number of anilines is 1.